The van der Waals surface area contributed by atoms with Crippen molar-refractivity contribution in [1.29, 1.82) is 0 Å². The van der Waals surface area contributed by atoms with E-state index in [1.54, 1.807) is 0 Å². The van der Waals surface area contributed by atoms with Crippen LogP contribution in [0, 0.1) is 12.8 Å². The highest BCUT2D eigenvalue weighted by Gasteiger charge is 2.26. The molecule has 20 heavy (non-hydrogen) atoms. The monoisotopic (exact) mass is 269 g/mol. The molecule has 3 rings (SSSR count). The van der Waals surface area contributed by atoms with Gasteiger partial charge in [0.2, 0.25) is 11.9 Å². The van der Waals surface area contributed by atoms with Gasteiger partial charge in [0.1, 0.15) is 5.82 Å². The molecule has 5 heteroatoms. The third kappa shape index (κ3) is 2.43. The molecule has 3 N–H and O–H groups in total. The summed E-state index contributed by atoms with van der Waals surface area (Å²) < 4.78 is 0. The first-order valence-electron chi connectivity index (χ1n) is 6.96. The molecular weight excluding hydrogens is 250 g/mol. The third-order valence-corrected chi connectivity index (χ3v) is 3.88. The zero-order chi connectivity index (χ0) is 14.1. The summed E-state index contributed by atoms with van der Waals surface area (Å²) in [6, 6.07) is 8.78. The highest BCUT2D eigenvalue weighted by Crippen LogP contribution is 2.35. The molecule has 2 aromatic rings. The maximum absolute atomic E-state index is 5.69. The van der Waals surface area contributed by atoms with E-state index < -0.39 is 0 Å². The van der Waals surface area contributed by atoms with Gasteiger partial charge in [0.15, 0.2) is 0 Å². The van der Waals surface area contributed by atoms with Gasteiger partial charge in [-0.15, -0.1) is 0 Å². The first kappa shape index (κ1) is 12.8. The van der Waals surface area contributed by atoms with E-state index in [1.165, 1.54) is 11.1 Å². The molecule has 1 heterocycles. The van der Waals surface area contributed by atoms with Crippen LogP contribution in [-0.4, -0.2) is 15.0 Å². The van der Waals surface area contributed by atoms with Gasteiger partial charge in [-0.1, -0.05) is 31.2 Å². The van der Waals surface area contributed by atoms with Gasteiger partial charge in [0.25, 0.3) is 0 Å². The van der Waals surface area contributed by atoms with E-state index in [2.05, 4.69) is 51.5 Å². The topological polar surface area (TPSA) is 76.7 Å². The Hall–Kier alpha value is -2.17. The number of nitrogen functional groups attached to an aromatic ring is 1. The SMILES string of the molecule is Cc1nc(N)nc(N[C@H]2c3ccccc3CC[C@@H]2C)n1. The maximum Gasteiger partial charge on any atom is 0.228 e. The van der Waals surface area contributed by atoms with E-state index >= 15 is 0 Å². The van der Waals surface area contributed by atoms with E-state index in [-0.39, 0.29) is 12.0 Å². The molecule has 1 aromatic carbocycles. The number of rotatable bonds is 2. The van der Waals surface area contributed by atoms with Crippen molar-refractivity contribution in [3.63, 3.8) is 0 Å². The molecular formula is C15H19N5. The molecule has 1 aromatic heterocycles. The number of nitrogens with two attached hydrogens (primary N) is 1. The number of nitrogens with zero attached hydrogens (tertiary/aromatic N) is 3. The van der Waals surface area contributed by atoms with E-state index in [0.29, 0.717) is 17.7 Å². The van der Waals surface area contributed by atoms with Crippen molar-refractivity contribution in [3.05, 3.63) is 41.2 Å². The summed E-state index contributed by atoms with van der Waals surface area (Å²) in [4.78, 5) is 12.5. The first-order valence-corrected chi connectivity index (χ1v) is 6.96. The highest BCUT2D eigenvalue weighted by molar-refractivity contribution is 5.40. The molecule has 0 radical (unpaired) electrons. The van der Waals surface area contributed by atoms with Crippen LogP contribution in [0.25, 0.3) is 0 Å². The summed E-state index contributed by atoms with van der Waals surface area (Å²) in [5, 5.41) is 3.43. The van der Waals surface area contributed by atoms with E-state index in [9.17, 15) is 0 Å². The lowest BCUT2D eigenvalue weighted by Crippen LogP contribution is -2.26. The smallest absolute Gasteiger partial charge is 0.228 e. The first-order chi connectivity index (χ1) is 9.63. The Kier molecular flexibility index (Phi) is 3.26. The van der Waals surface area contributed by atoms with E-state index in [0.717, 1.165) is 12.8 Å². The zero-order valence-electron chi connectivity index (χ0n) is 11.8. The van der Waals surface area contributed by atoms with Crippen LogP contribution >= 0.6 is 0 Å². The molecule has 0 bridgehead atoms. The summed E-state index contributed by atoms with van der Waals surface area (Å²) in [5.74, 6) is 1.99. The fraction of sp³-hybridized carbons (Fsp3) is 0.400. The number of aryl methyl sites for hydroxylation is 2. The molecule has 0 spiro atoms. The number of hydrogen-bond acceptors (Lipinski definition) is 5. The molecule has 5 nitrogen and oxygen atoms in total. The van der Waals surface area contributed by atoms with Crippen LogP contribution in [0.3, 0.4) is 0 Å². The van der Waals surface area contributed by atoms with Gasteiger partial charge in [0.05, 0.1) is 6.04 Å². The van der Waals surface area contributed by atoms with Gasteiger partial charge in [-0.3, -0.25) is 0 Å². The molecule has 104 valence electrons. The van der Waals surface area contributed by atoms with Crippen LogP contribution in [0.1, 0.15) is 36.3 Å². The standard InChI is InChI=1S/C15H19N5/c1-9-7-8-11-5-3-4-6-12(11)13(9)19-15-18-10(2)17-14(16)20-15/h3-6,9,13H,7-8H2,1-2H3,(H3,16,17,18,19,20)/t9-,13+/m0/s1. The van der Waals surface area contributed by atoms with Gasteiger partial charge in [-0.2, -0.15) is 15.0 Å². The second kappa shape index (κ2) is 5.07. The molecule has 1 aliphatic rings. The lowest BCUT2D eigenvalue weighted by atomic mass is 9.81. The minimum atomic E-state index is 0.223. The van der Waals surface area contributed by atoms with Crippen molar-refractivity contribution in [2.75, 3.05) is 11.1 Å². The third-order valence-electron chi connectivity index (χ3n) is 3.88. The van der Waals surface area contributed by atoms with Gasteiger partial charge in [-0.25, -0.2) is 0 Å². The molecule has 1 aliphatic carbocycles. The summed E-state index contributed by atoms with van der Waals surface area (Å²) >= 11 is 0. The van der Waals surface area contributed by atoms with Crippen LogP contribution < -0.4 is 11.1 Å². The predicted octanol–water partition coefficient (Wildman–Crippen LogP) is 2.50. The molecule has 0 fully saturated rings. The number of nitrogens with one attached hydrogen (secondary N) is 1. The maximum atomic E-state index is 5.69. The summed E-state index contributed by atoms with van der Waals surface area (Å²) in [6.07, 6.45) is 2.29. The Labute approximate surface area is 118 Å². The lowest BCUT2D eigenvalue weighted by molar-refractivity contribution is 0.432. The average molecular weight is 269 g/mol. The normalized spacial score (nSPS) is 21.3. The number of fused-ring (bicyclic) bond motifs is 1. The van der Waals surface area contributed by atoms with Gasteiger partial charge in [0, 0.05) is 0 Å². The Balaban J connectivity index is 1.93. The van der Waals surface area contributed by atoms with Gasteiger partial charge >= 0.3 is 0 Å². The number of aromatic nitrogens is 3. The molecule has 0 amide bonds. The van der Waals surface area contributed by atoms with Crippen molar-refractivity contribution in [2.45, 2.75) is 32.7 Å². The zero-order valence-corrected chi connectivity index (χ0v) is 11.8. The van der Waals surface area contributed by atoms with Crippen molar-refractivity contribution < 1.29 is 0 Å². The molecule has 2 atom stereocenters. The summed E-state index contributed by atoms with van der Waals surface area (Å²) in [7, 11) is 0. The predicted molar refractivity (Wildman–Crippen MR) is 79.3 cm³/mol. The van der Waals surface area contributed by atoms with Gasteiger partial charge in [-0.05, 0) is 36.8 Å². The Morgan fingerprint density at radius 3 is 2.80 bits per heavy atom. The van der Waals surface area contributed by atoms with Crippen LogP contribution in [-0.2, 0) is 6.42 Å². The molecule has 0 saturated heterocycles. The van der Waals surface area contributed by atoms with Crippen LogP contribution in [0.2, 0.25) is 0 Å². The van der Waals surface area contributed by atoms with Gasteiger partial charge < -0.3 is 11.1 Å². The number of anilines is 2. The fourth-order valence-corrected chi connectivity index (χ4v) is 2.85. The van der Waals surface area contributed by atoms with E-state index in [4.69, 9.17) is 5.73 Å². The molecule has 0 saturated carbocycles. The van der Waals surface area contributed by atoms with Crippen molar-refractivity contribution in [1.82, 2.24) is 15.0 Å². The Bertz CT molecular complexity index is 605. The highest BCUT2D eigenvalue weighted by atomic mass is 15.2. The minimum absolute atomic E-state index is 0.223. The van der Waals surface area contributed by atoms with Crippen molar-refractivity contribution in [2.24, 2.45) is 5.92 Å². The van der Waals surface area contributed by atoms with E-state index in [1.807, 2.05) is 6.92 Å². The van der Waals surface area contributed by atoms with Crippen LogP contribution in [0.5, 0.6) is 0 Å². The fourth-order valence-electron chi connectivity index (χ4n) is 2.85. The number of benzene rings is 1. The Morgan fingerprint density at radius 1 is 1.20 bits per heavy atom. The Morgan fingerprint density at radius 2 is 2.00 bits per heavy atom. The van der Waals surface area contributed by atoms with Crippen LogP contribution in [0.4, 0.5) is 11.9 Å². The van der Waals surface area contributed by atoms with Crippen LogP contribution in [0.15, 0.2) is 24.3 Å². The quantitative estimate of drug-likeness (QED) is 0.876. The molecule has 0 unspecified atom stereocenters. The van der Waals surface area contributed by atoms with Crippen molar-refractivity contribution in [3.8, 4) is 0 Å². The van der Waals surface area contributed by atoms with Crippen molar-refractivity contribution >= 4 is 11.9 Å². The lowest BCUT2D eigenvalue weighted by Gasteiger charge is -2.32. The number of hydrogen-bond donors (Lipinski definition) is 2. The minimum Gasteiger partial charge on any atom is -0.368 e. The summed E-state index contributed by atoms with van der Waals surface area (Å²) in [5.41, 5.74) is 8.43. The second-order valence-electron chi connectivity index (χ2n) is 5.40. The average Bonchev–Trinajstić information content (AvgIpc) is 2.41. The molecule has 0 aliphatic heterocycles. The second-order valence-corrected chi connectivity index (χ2v) is 5.40. The summed E-state index contributed by atoms with van der Waals surface area (Å²) in [6.45, 7) is 4.08. The largest absolute Gasteiger partial charge is 0.368 e.